The minimum Gasteiger partial charge on any atom is -0.494 e. The second-order valence-electron chi connectivity index (χ2n) is 8.40. The molecule has 2 aromatic carbocycles. The summed E-state index contributed by atoms with van der Waals surface area (Å²) in [4.78, 5) is 16.4. The molecular formula is C24H27BrN4O3. The molecule has 0 radical (unpaired) electrons. The summed E-state index contributed by atoms with van der Waals surface area (Å²) in [6.45, 7) is 5.70. The summed E-state index contributed by atoms with van der Waals surface area (Å²) in [7, 11) is 0. The summed E-state index contributed by atoms with van der Waals surface area (Å²) in [5, 5.41) is 8.29. The predicted octanol–water partition coefficient (Wildman–Crippen LogP) is 4.46. The van der Waals surface area contributed by atoms with Crippen LogP contribution in [0.25, 0.3) is 11.0 Å². The number of hydrogen-bond donors (Lipinski definition) is 1. The van der Waals surface area contributed by atoms with E-state index in [0.717, 1.165) is 84.7 Å². The fraction of sp³-hybridized carbons (Fsp3) is 0.417. The molecule has 1 aromatic heterocycles. The van der Waals surface area contributed by atoms with E-state index in [0.29, 0.717) is 13.0 Å². The maximum Gasteiger partial charge on any atom is 0.224 e. The van der Waals surface area contributed by atoms with E-state index in [1.165, 1.54) is 5.56 Å². The van der Waals surface area contributed by atoms with Gasteiger partial charge in [-0.3, -0.25) is 9.69 Å². The van der Waals surface area contributed by atoms with Crippen molar-refractivity contribution in [2.45, 2.75) is 25.7 Å². The van der Waals surface area contributed by atoms with Gasteiger partial charge in [0.25, 0.3) is 0 Å². The molecule has 0 bridgehead atoms. The smallest absolute Gasteiger partial charge is 0.224 e. The highest BCUT2D eigenvalue weighted by atomic mass is 79.9. The Morgan fingerprint density at radius 3 is 2.81 bits per heavy atom. The maximum absolute atomic E-state index is 11.6. The average molecular weight is 499 g/mol. The van der Waals surface area contributed by atoms with Gasteiger partial charge < -0.3 is 19.5 Å². The number of fused-ring (bicyclic) bond motifs is 2. The lowest BCUT2D eigenvalue weighted by molar-refractivity contribution is -0.116. The Morgan fingerprint density at radius 1 is 1.06 bits per heavy atom. The number of carbonyl (C=O) groups is 1. The Labute approximate surface area is 195 Å². The first-order chi connectivity index (χ1) is 15.7. The van der Waals surface area contributed by atoms with Gasteiger partial charge in [-0.25, -0.2) is 0 Å². The number of halogens is 1. The lowest BCUT2D eigenvalue weighted by Gasteiger charge is -2.34. The minimum atomic E-state index is 0.0827. The Balaban J connectivity index is 1.04. The number of piperazine rings is 1. The van der Waals surface area contributed by atoms with Gasteiger partial charge in [0.2, 0.25) is 5.91 Å². The molecule has 0 aliphatic carbocycles. The fourth-order valence-electron chi connectivity index (χ4n) is 4.38. The van der Waals surface area contributed by atoms with Crippen LogP contribution >= 0.6 is 15.9 Å². The lowest BCUT2D eigenvalue weighted by atomic mass is 10.0. The van der Waals surface area contributed by atoms with Gasteiger partial charge in [0, 0.05) is 48.8 Å². The number of amides is 1. The molecule has 1 amide bonds. The lowest BCUT2D eigenvalue weighted by Crippen LogP contribution is -2.46. The molecule has 3 heterocycles. The number of benzene rings is 2. The first kappa shape index (κ1) is 21.3. The molecule has 1 saturated heterocycles. The van der Waals surface area contributed by atoms with Gasteiger partial charge in [0.15, 0.2) is 11.4 Å². The van der Waals surface area contributed by atoms with Crippen molar-refractivity contribution >= 4 is 44.3 Å². The van der Waals surface area contributed by atoms with Crippen molar-refractivity contribution < 1.29 is 14.1 Å². The third kappa shape index (κ3) is 4.76. The van der Waals surface area contributed by atoms with Crippen LogP contribution in [0.2, 0.25) is 0 Å². The zero-order valence-corrected chi connectivity index (χ0v) is 19.6. The van der Waals surface area contributed by atoms with Gasteiger partial charge in [0.05, 0.1) is 12.0 Å². The monoisotopic (exact) mass is 498 g/mol. The highest BCUT2D eigenvalue weighted by Crippen LogP contribution is 2.30. The van der Waals surface area contributed by atoms with Crippen LogP contribution in [0.3, 0.4) is 0 Å². The average Bonchev–Trinajstić information content (AvgIpc) is 3.22. The Kier molecular flexibility index (Phi) is 6.32. The van der Waals surface area contributed by atoms with Gasteiger partial charge in [0.1, 0.15) is 5.75 Å². The van der Waals surface area contributed by atoms with E-state index in [1.807, 2.05) is 24.3 Å². The number of carbonyl (C=O) groups excluding carboxylic acids is 1. The van der Waals surface area contributed by atoms with Crippen molar-refractivity contribution in [2.24, 2.45) is 0 Å². The van der Waals surface area contributed by atoms with E-state index < -0.39 is 0 Å². The maximum atomic E-state index is 11.6. The van der Waals surface area contributed by atoms with Crippen molar-refractivity contribution in [1.82, 2.24) is 10.1 Å². The minimum absolute atomic E-state index is 0.0827. The first-order valence-electron chi connectivity index (χ1n) is 11.2. The van der Waals surface area contributed by atoms with Crippen molar-refractivity contribution in [3.8, 4) is 5.75 Å². The molecule has 168 valence electrons. The van der Waals surface area contributed by atoms with Crippen molar-refractivity contribution in [1.29, 1.82) is 0 Å². The first-order valence-corrected chi connectivity index (χ1v) is 12.0. The molecule has 32 heavy (non-hydrogen) atoms. The number of unbranched alkanes of at least 4 members (excludes halogenated alkanes) is 1. The molecule has 3 aromatic rings. The molecule has 0 unspecified atom stereocenters. The summed E-state index contributed by atoms with van der Waals surface area (Å²) < 4.78 is 12.4. The van der Waals surface area contributed by atoms with Crippen LogP contribution in [0.5, 0.6) is 5.75 Å². The second-order valence-corrected chi connectivity index (χ2v) is 9.31. The van der Waals surface area contributed by atoms with Crippen molar-refractivity contribution in [3.05, 3.63) is 46.4 Å². The van der Waals surface area contributed by atoms with Gasteiger partial charge >= 0.3 is 0 Å². The van der Waals surface area contributed by atoms with Gasteiger partial charge in [-0.1, -0.05) is 27.2 Å². The molecule has 5 rings (SSSR count). The summed E-state index contributed by atoms with van der Waals surface area (Å²) >= 11 is 3.54. The van der Waals surface area contributed by atoms with E-state index in [4.69, 9.17) is 9.26 Å². The standard InChI is InChI=1S/C24H27BrN4O3/c25-18-5-7-22-20(15-18)24(27-32-22)29-12-10-28(11-13-29)9-1-2-14-31-19-6-3-17-4-8-23(30)26-21(17)16-19/h3,5-7,15-16H,1-2,4,8-14H2,(H,26,30). The molecule has 8 heteroatoms. The highest BCUT2D eigenvalue weighted by Gasteiger charge is 2.21. The van der Waals surface area contributed by atoms with Crippen LogP contribution in [-0.2, 0) is 11.2 Å². The number of aryl methyl sites for hydroxylation is 1. The molecule has 0 saturated carbocycles. The Bertz CT molecular complexity index is 1110. The van der Waals surface area contributed by atoms with Gasteiger partial charge in [-0.2, -0.15) is 0 Å². The topological polar surface area (TPSA) is 70.8 Å². The largest absolute Gasteiger partial charge is 0.494 e. The Hall–Kier alpha value is -2.58. The molecular weight excluding hydrogens is 472 g/mol. The van der Waals surface area contributed by atoms with Crippen molar-refractivity contribution in [3.63, 3.8) is 0 Å². The van der Waals surface area contributed by atoms with Crippen molar-refractivity contribution in [2.75, 3.05) is 49.5 Å². The highest BCUT2D eigenvalue weighted by molar-refractivity contribution is 9.10. The van der Waals surface area contributed by atoms with Crippen LogP contribution in [0.1, 0.15) is 24.8 Å². The number of aromatic nitrogens is 1. The van der Waals surface area contributed by atoms with E-state index in [-0.39, 0.29) is 5.91 Å². The third-order valence-corrected chi connectivity index (χ3v) is 6.69. The van der Waals surface area contributed by atoms with Gasteiger partial charge in [-0.05, 0) is 55.6 Å². The zero-order chi connectivity index (χ0) is 21.9. The zero-order valence-electron chi connectivity index (χ0n) is 18.0. The predicted molar refractivity (Wildman–Crippen MR) is 128 cm³/mol. The van der Waals surface area contributed by atoms with E-state index in [1.54, 1.807) is 0 Å². The third-order valence-electron chi connectivity index (χ3n) is 6.20. The van der Waals surface area contributed by atoms with Gasteiger partial charge in [-0.15, -0.1) is 0 Å². The normalized spacial score (nSPS) is 16.8. The van der Waals surface area contributed by atoms with Crippen LogP contribution in [0, 0.1) is 0 Å². The summed E-state index contributed by atoms with van der Waals surface area (Å²) in [6, 6.07) is 12.0. The second kappa shape index (κ2) is 9.50. The van der Waals surface area contributed by atoms with Crippen LogP contribution in [0.15, 0.2) is 45.4 Å². The number of hydrogen-bond acceptors (Lipinski definition) is 6. The molecule has 1 fully saturated rings. The molecule has 0 spiro atoms. The summed E-state index contributed by atoms with van der Waals surface area (Å²) in [5.41, 5.74) is 2.90. The molecule has 1 N–H and O–H groups in total. The van der Waals surface area contributed by atoms with Crippen LogP contribution in [0.4, 0.5) is 11.5 Å². The summed E-state index contributed by atoms with van der Waals surface area (Å²) in [5.74, 6) is 1.85. The van der Waals surface area contributed by atoms with Crippen LogP contribution in [-0.4, -0.2) is 55.3 Å². The molecule has 0 atom stereocenters. The quantitative estimate of drug-likeness (QED) is 0.485. The molecule has 2 aliphatic heterocycles. The molecule has 2 aliphatic rings. The van der Waals surface area contributed by atoms with E-state index in [2.05, 4.69) is 48.3 Å². The number of ether oxygens (including phenoxy) is 1. The number of rotatable bonds is 7. The van der Waals surface area contributed by atoms with E-state index >= 15 is 0 Å². The fourth-order valence-corrected chi connectivity index (χ4v) is 4.74. The number of nitrogens with one attached hydrogen (secondary N) is 1. The van der Waals surface area contributed by atoms with Crippen LogP contribution < -0.4 is 15.0 Å². The SMILES string of the molecule is O=C1CCc2ccc(OCCCCN3CCN(c4noc5ccc(Br)cc45)CC3)cc2N1. The number of nitrogens with zero attached hydrogens (tertiary/aromatic N) is 3. The summed E-state index contributed by atoms with van der Waals surface area (Å²) in [6.07, 6.45) is 3.47. The molecule has 7 nitrogen and oxygen atoms in total. The Morgan fingerprint density at radius 2 is 1.94 bits per heavy atom. The number of anilines is 2. The van der Waals surface area contributed by atoms with E-state index in [9.17, 15) is 4.79 Å².